The molecule has 0 unspecified atom stereocenters. The number of amides is 1. The number of nitrogens with one attached hydrogen (secondary N) is 1. The molecule has 2 heterocycles. The van der Waals surface area contributed by atoms with Crippen LogP contribution >= 0.6 is 0 Å². The normalized spacial score (nSPS) is 22.0. The molecular formula is C27H32F3N3O3. The van der Waals surface area contributed by atoms with Gasteiger partial charge in [0.2, 0.25) is 5.91 Å². The lowest BCUT2D eigenvalue weighted by atomic mass is 9.74. The topological polar surface area (TPSA) is 71.5 Å². The third-order valence-corrected chi connectivity index (χ3v) is 7.70. The highest BCUT2D eigenvalue weighted by Gasteiger charge is 2.49. The van der Waals surface area contributed by atoms with Crippen LogP contribution in [0, 0.1) is 11.3 Å². The van der Waals surface area contributed by atoms with E-state index in [0.29, 0.717) is 42.8 Å². The smallest absolute Gasteiger partial charge is 0.417 e. The Morgan fingerprint density at radius 1 is 1.25 bits per heavy atom. The summed E-state index contributed by atoms with van der Waals surface area (Å²) < 4.78 is 44.3. The Balaban J connectivity index is 1.42. The van der Waals surface area contributed by atoms with Crippen LogP contribution in [0.15, 0.2) is 36.5 Å². The Morgan fingerprint density at radius 2 is 1.97 bits per heavy atom. The van der Waals surface area contributed by atoms with Crippen molar-refractivity contribution in [2.75, 3.05) is 13.7 Å². The highest BCUT2D eigenvalue weighted by atomic mass is 19.4. The van der Waals surface area contributed by atoms with Crippen molar-refractivity contribution in [1.82, 2.24) is 15.2 Å². The number of carbonyl (C=O) groups is 2. The van der Waals surface area contributed by atoms with Gasteiger partial charge in [-0.3, -0.25) is 9.78 Å². The van der Waals surface area contributed by atoms with Gasteiger partial charge in [-0.1, -0.05) is 26.0 Å². The number of alkyl halides is 3. The Bertz CT molecular complexity index is 1120. The molecule has 6 nitrogen and oxygen atoms in total. The second-order valence-electron chi connectivity index (χ2n) is 10.1. The summed E-state index contributed by atoms with van der Waals surface area (Å²) in [5.41, 5.74) is 1.29. The standard InChI is InChI=1S/C27H32F3N3O3/c1-17(2)26(10-8-22(13-26)31-14-18-4-6-19(7-5-18)24(34)36-3)25(35)33-11-9-23-20(16-33)12-21(15-32-23)27(28,29)30/h4-7,12,15,17,22,31H,8-11,13-14,16H2,1-3H3/t22-,26+/m1/s1. The molecule has 1 aromatic carbocycles. The summed E-state index contributed by atoms with van der Waals surface area (Å²) >= 11 is 0. The maximum atomic E-state index is 13.8. The van der Waals surface area contributed by atoms with Gasteiger partial charge in [-0.2, -0.15) is 13.2 Å². The lowest BCUT2D eigenvalue weighted by Crippen LogP contribution is -2.48. The summed E-state index contributed by atoms with van der Waals surface area (Å²) in [6.45, 7) is 5.32. The van der Waals surface area contributed by atoms with Gasteiger partial charge in [-0.15, -0.1) is 0 Å². The number of rotatable bonds is 6. The molecule has 4 rings (SSSR count). The molecule has 2 aliphatic rings. The summed E-state index contributed by atoms with van der Waals surface area (Å²) in [5, 5.41) is 3.55. The summed E-state index contributed by atoms with van der Waals surface area (Å²) in [5.74, 6) is -0.263. The van der Waals surface area contributed by atoms with Crippen LogP contribution in [0.5, 0.6) is 0 Å². The number of methoxy groups -OCH3 is 1. The Kier molecular flexibility index (Phi) is 7.41. The number of halogens is 3. The van der Waals surface area contributed by atoms with E-state index in [-0.39, 0.29) is 30.4 Å². The zero-order chi connectivity index (χ0) is 26.1. The van der Waals surface area contributed by atoms with Crippen LogP contribution in [0.4, 0.5) is 13.2 Å². The number of fused-ring (bicyclic) bond motifs is 1. The van der Waals surface area contributed by atoms with Crippen LogP contribution in [0.1, 0.15) is 65.9 Å². The molecule has 1 aliphatic carbocycles. The Hall–Kier alpha value is -2.94. The zero-order valence-electron chi connectivity index (χ0n) is 20.8. The van der Waals surface area contributed by atoms with Crippen molar-refractivity contribution in [1.29, 1.82) is 0 Å². The van der Waals surface area contributed by atoms with Gasteiger partial charge in [-0.25, -0.2) is 4.79 Å². The van der Waals surface area contributed by atoms with E-state index in [1.54, 1.807) is 17.0 Å². The third-order valence-electron chi connectivity index (χ3n) is 7.70. The minimum absolute atomic E-state index is 0.0206. The van der Waals surface area contributed by atoms with E-state index < -0.39 is 17.2 Å². The fraction of sp³-hybridized carbons (Fsp3) is 0.519. The van der Waals surface area contributed by atoms with Crippen molar-refractivity contribution >= 4 is 11.9 Å². The van der Waals surface area contributed by atoms with Crippen molar-refractivity contribution < 1.29 is 27.5 Å². The number of carbonyl (C=O) groups excluding carboxylic acids is 2. The Labute approximate surface area is 209 Å². The second kappa shape index (κ2) is 10.2. The quantitative estimate of drug-likeness (QED) is 0.576. The van der Waals surface area contributed by atoms with Crippen LogP contribution in [0.2, 0.25) is 0 Å². The average molecular weight is 504 g/mol. The molecule has 1 N–H and O–H groups in total. The van der Waals surface area contributed by atoms with E-state index in [1.165, 1.54) is 7.11 Å². The van der Waals surface area contributed by atoms with Crippen molar-refractivity contribution in [2.45, 2.75) is 64.8 Å². The summed E-state index contributed by atoms with van der Waals surface area (Å²) in [6, 6.07) is 8.49. The summed E-state index contributed by atoms with van der Waals surface area (Å²) in [6.07, 6.45) is -0.884. The first-order valence-electron chi connectivity index (χ1n) is 12.3. The van der Waals surface area contributed by atoms with E-state index in [0.717, 1.165) is 30.7 Å². The van der Waals surface area contributed by atoms with E-state index in [1.807, 2.05) is 26.0 Å². The lowest BCUT2D eigenvalue weighted by Gasteiger charge is -2.39. The van der Waals surface area contributed by atoms with Crippen LogP contribution in [-0.2, 0) is 35.2 Å². The predicted octanol–water partition coefficient (Wildman–Crippen LogP) is 4.76. The van der Waals surface area contributed by atoms with Crippen molar-refractivity contribution in [3.05, 3.63) is 64.5 Å². The van der Waals surface area contributed by atoms with Gasteiger partial charge in [0, 0.05) is 44.0 Å². The molecule has 2 atom stereocenters. The van der Waals surface area contributed by atoms with Crippen LogP contribution in [0.3, 0.4) is 0 Å². The average Bonchev–Trinajstić information content (AvgIpc) is 3.31. The fourth-order valence-corrected chi connectivity index (χ4v) is 5.42. The van der Waals surface area contributed by atoms with Crippen molar-refractivity contribution in [2.24, 2.45) is 11.3 Å². The molecule has 0 spiro atoms. The van der Waals surface area contributed by atoms with Gasteiger partial charge < -0.3 is 15.0 Å². The minimum atomic E-state index is -4.46. The second-order valence-corrected chi connectivity index (χ2v) is 10.1. The van der Waals surface area contributed by atoms with Gasteiger partial charge in [0.1, 0.15) is 0 Å². The SMILES string of the molecule is COC(=O)c1ccc(CN[C@@H]2CC[C@@](C(=O)N3CCc4ncc(C(F)(F)F)cc4C3)(C(C)C)C2)cc1. The van der Waals surface area contributed by atoms with Crippen LogP contribution < -0.4 is 5.32 Å². The summed E-state index contributed by atoms with van der Waals surface area (Å²) in [7, 11) is 1.35. The molecule has 1 aromatic heterocycles. The number of hydrogen-bond donors (Lipinski definition) is 1. The molecule has 2 aromatic rings. The van der Waals surface area contributed by atoms with Gasteiger partial charge in [-0.05, 0) is 54.5 Å². The molecule has 1 saturated carbocycles. The molecule has 1 amide bonds. The van der Waals surface area contributed by atoms with E-state index >= 15 is 0 Å². The highest BCUT2D eigenvalue weighted by Crippen LogP contribution is 2.46. The van der Waals surface area contributed by atoms with Gasteiger partial charge in [0.25, 0.3) is 0 Å². The molecule has 1 fully saturated rings. The van der Waals surface area contributed by atoms with E-state index in [2.05, 4.69) is 10.3 Å². The van der Waals surface area contributed by atoms with Crippen molar-refractivity contribution in [3.8, 4) is 0 Å². The maximum Gasteiger partial charge on any atom is 0.417 e. The number of ether oxygens (including phenoxy) is 1. The molecular weight excluding hydrogens is 471 g/mol. The molecule has 9 heteroatoms. The van der Waals surface area contributed by atoms with Crippen LogP contribution in [0.25, 0.3) is 0 Å². The molecule has 0 radical (unpaired) electrons. The molecule has 194 valence electrons. The first-order valence-corrected chi connectivity index (χ1v) is 12.3. The molecule has 0 bridgehead atoms. The number of aromatic nitrogens is 1. The number of pyridine rings is 1. The van der Waals surface area contributed by atoms with Crippen molar-refractivity contribution in [3.63, 3.8) is 0 Å². The molecule has 1 aliphatic heterocycles. The third kappa shape index (κ3) is 5.26. The summed E-state index contributed by atoms with van der Waals surface area (Å²) in [4.78, 5) is 31.2. The largest absolute Gasteiger partial charge is 0.465 e. The van der Waals surface area contributed by atoms with Crippen LogP contribution in [-0.4, -0.2) is 41.5 Å². The number of benzene rings is 1. The molecule has 0 saturated heterocycles. The van der Waals surface area contributed by atoms with E-state index in [9.17, 15) is 22.8 Å². The number of nitrogens with zero attached hydrogens (tertiary/aromatic N) is 2. The lowest BCUT2D eigenvalue weighted by molar-refractivity contribution is -0.145. The van der Waals surface area contributed by atoms with Gasteiger partial charge in [0.15, 0.2) is 0 Å². The first kappa shape index (κ1) is 26.1. The number of hydrogen-bond acceptors (Lipinski definition) is 5. The number of esters is 1. The Morgan fingerprint density at radius 3 is 2.61 bits per heavy atom. The monoisotopic (exact) mass is 503 g/mol. The maximum absolute atomic E-state index is 13.8. The predicted molar refractivity (Wildman–Crippen MR) is 128 cm³/mol. The first-order chi connectivity index (χ1) is 17.0. The fourth-order valence-electron chi connectivity index (χ4n) is 5.42. The zero-order valence-corrected chi connectivity index (χ0v) is 20.8. The molecule has 36 heavy (non-hydrogen) atoms. The van der Waals surface area contributed by atoms with Gasteiger partial charge in [0.05, 0.1) is 23.7 Å². The van der Waals surface area contributed by atoms with E-state index in [4.69, 9.17) is 4.74 Å². The van der Waals surface area contributed by atoms with Gasteiger partial charge >= 0.3 is 12.1 Å². The minimum Gasteiger partial charge on any atom is -0.465 e. The highest BCUT2D eigenvalue weighted by molar-refractivity contribution is 5.89.